The summed E-state index contributed by atoms with van der Waals surface area (Å²) in [7, 11) is 3.17. The van der Waals surface area contributed by atoms with E-state index in [-0.39, 0.29) is 5.91 Å². The van der Waals surface area contributed by atoms with Crippen LogP contribution in [0, 0.1) is 13.8 Å². The zero-order valence-electron chi connectivity index (χ0n) is 17.1. The van der Waals surface area contributed by atoms with Crippen LogP contribution in [0.5, 0.6) is 11.5 Å². The summed E-state index contributed by atoms with van der Waals surface area (Å²) >= 11 is 0. The van der Waals surface area contributed by atoms with Crippen molar-refractivity contribution >= 4 is 17.4 Å². The number of nitrogens with zero attached hydrogens (tertiary/aromatic N) is 1. The van der Waals surface area contributed by atoms with Gasteiger partial charge in [-0.3, -0.25) is 4.79 Å². The molecule has 6 heteroatoms. The van der Waals surface area contributed by atoms with Gasteiger partial charge < -0.3 is 20.1 Å². The monoisotopic (exact) mass is 391 g/mol. The molecule has 2 aromatic carbocycles. The Balaban J connectivity index is 1.68. The molecule has 150 valence electrons. The van der Waals surface area contributed by atoms with E-state index in [4.69, 9.17) is 9.47 Å². The van der Waals surface area contributed by atoms with E-state index in [0.717, 1.165) is 22.4 Å². The first-order chi connectivity index (χ1) is 14.0. The van der Waals surface area contributed by atoms with Crippen molar-refractivity contribution in [1.82, 2.24) is 10.3 Å². The fourth-order valence-corrected chi connectivity index (χ4v) is 3.11. The zero-order valence-corrected chi connectivity index (χ0v) is 17.1. The largest absolute Gasteiger partial charge is 0.493 e. The quantitative estimate of drug-likeness (QED) is 0.625. The molecule has 0 saturated carbocycles. The molecule has 0 bridgehead atoms. The van der Waals surface area contributed by atoms with E-state index in [0.29, 0.717) is 29.4 Å². The Hall–Kier alpha value is -3.54. The Labute approximate surface area is 170 Å². The molecule has 0 unspecified atom stereocenters. The number of aryl methyl sites for hydroxylation is 2. The van der Waals surface area contributed by atoms with Crippen LogP contribution in [-0.2, 0) is 6.54 Å². The predicted molar refractivity (Wildman–Crippen MR) is 114 cm³/mol. The Kier molecular flexibility index (Phi) is 6.34. The standard InChI is InChI=1S/C23H25N3O3/c1-15-9-16(2)11-19(10-15)26-22-13-18(7-8-24-22)23(27)25-14-17-5-6-20(28-3)21(12-17)29-4/h5-13H,14H2,1-4H3,(H,24,26)(H,25,27). The van der Waals surface area contributed by atoms with Crippen LogP contribution in [0.2, 0.25) is 0 Å². The molecular formula is C23H25N3O3. The number of aromatic nitrogens is 1. The van der Waals surface area contributed by atoms with Crippen LogP contribution < -0.4 is 20.1 Å². The summed E-state index contributed by atoms with van der Waals surface area (Å²) in [5.41, 5.74) is 4.72. The number of nitrogens with one attached hydrogen (secondary N) is 2. The molecule has 0 spiro atoms. The van der Waals surface area contributed by atoms with Gasteiger partial charge >= 0.3 is 0 Å². The predicted octanol–water partition coefficient (Wildman–Crippen LogP) is 4.39. The van der Waals surface area contributed by atoms with Crippen LogP contribution in [0.4, 0.5) is 11.5 Å². The van der Waals surface area contributed by atoms with Crippen molar-refractivity contribution < 1.29 is 14.3 Å². The number of amides is 1. The molecule has 3 aromatic rings. The topological polar surface area (TPSA) is 72.5 Å². The second-order valence-electron chi connectivity index (χ2n) is 6.80. The molecule has 0 atom stereocenters. The summed E-state index contributed by atoms with van der Waals surface area (Å²) in [6, 6.07) is 15.2. The second kappa shape index (κ2) is 9.10. The number of benzene rings is 2. The van der Waals surface area contributed by atoms with Crippen LogP contribution in [-0.4, -0.2) is 25.1 Å². The van der Waals surface area contributed by atoms with Crippen molar-refractivity contribution in [2.75, 3.05) is 19.5 Å². The van der Waals surface area contributed by atoms with E-state index in [1.807, 2.05) is 44.2 Å². The number of pyridine rings is 1. The van der Waals surface area contributed by atoms with Crippen LogP contribution >= 0.6 is 0 Å². The minimum atomic E-state index is -0.175. The fraction of sp³-hybridized carbons (Fsp3) is 0.217. The molecule has 0 aliphatic carbocycles. The number of carbonyl (C=O) groups is 1. The van der Waals surface area contributed by atoms with Gasteiger partial charge in [-0.15, -0.1) is 0 Å². The molecule has 0 saturated heterocycles. The van der Waals surface area contributed by atoms with Crippen molar-refractivity contribution in [3.63, 3.8) is 0 Å². The van der Waals surface area contributed by atoms with Gasteiger partial charge in [-0.2, -0.15) is 0 Å². The van der Waals surface area contributed by atoms with Gasteiger partial charge in [0, 0.05) is 24.0 Å². The summed E-state index contributed by atoms with van der Waals surface area (Å²) in [5.74, 6) is 1.72. The van der Waals surface area contributed by atoms with E-state index < -0.39 is 0 Å². The number of rotatable bonds is 7. The van der Waals surface area contributed by atoms with Crippen molar-refractivity contribution in [3.8, 4) is 11.5 Å². The average Bonchev–Trinajstić information content (AvgIpc) is 2.71. The third-order valence-electron chi connectivity index (χ3n) is 4.42. The summed E-state index contributed by atoms with van der Waals surface area (Å²) in [4.78, 5) is 16.9. The Morgan fingerprint density at radius 2 is 1.66 bits per heavy atom. The van der Waals surface area contributed by atoms with Gasteiger partial charge in [0.25, 0.3) is 5.91 Å². The lowest BCUT2D eigenvalue weighted by Gasteiger charge is -2.11. The highest BCUT2D eigenvalue weighted by Crippen LogP contribution is 2.27. The Morgan fingerprint density at radius 3 is 2.34 bits per heavy atom. The number of hydrogen-bond donors (Lipinski definition) is 2. The SMILES string of the molecule is COc1ccc(CNC(=O)c2ccnc(Nc3cc(C)cc(C)c3)c2)cc1OC. The molecule has 0 radical (unpaired) electrons. The minimum absolute atomic E-state index is 0.175. The summed E-state index contributed by atoms with van der Waals surface area (Å²) in [6.45, 7) is 4.47. The lowest BCUT2D eigenvalue weighted by Crippen LogP contribution is -2.23. The number of ether oxygens (including phenoxy) is 2. The maximum atomic E-state index is 12.6. The van der Waals surface area contributed by atoms with Crippen LogP contribution in [0.25, 0.3) is 0 Å². The molecule has 0 fully saturated rings. The highest BCUT2D eigenvalue weighted by molar-refractivity contribution is 5.94. The molecule has 1 amide bonds. The normalized spacial score (nSPS) is 10.3. The maximum absolute atomic E-state index is 12.6. The van der Waals surface area contributed by atoms with Gasteiger partial charge in [0.15, 0.2) is 11.5 Å². The fourth-order valence-electron chi connectivity index (χ4n) is 3.11. The van der Waals surface area contributed by atoms with E-state index in [9.17, 15) is 4.79 Å². The van der Waals surface area contributed by atoms with E-state index >= 15 is 0 Å². The molecule has 0 aliphatic heterocycles. The highest BCUT2D eigenvalue weighted by Gasteiger charge is 2.09. The molecule has 29 heavy (non-hydrogen) atoms. The molecule has 1 aromatic heterocycles. The smallest absolute Gasteiger partial charge is 0.251 e. The first-order valence-electron chi connectivity index (χ1n) is 9.29. The Morgan fingerprint density at radius 1 is 0.931 bits per heavy atom. The summed E-state index contributed by atoms with van der Waals surface area (Å²) in [5, 5.41) is 6.18. The van der Waals surface area contributed by atoms with E-state index in [1.54, 1.807) is 32.5 Å². The van der Waals surface area contributed by atoms with Gasteiger partial charge in [0.05, 0.1) is 14.2 Å². The zero-order chi connectivity index (χ0) is 20.8. The first kappa shape index (κ1) is 20.2. The third-order valence-corrected chi connectivity index (χ3v) is 4.42. The van der Waals surface area contributed by atoms with Gasteiger partial charge in [0.1, 0.15) is 5.82 Å². The number of methoxy groups -OCH3 is 2. The average molecular weight is 391 g/mol. The van der Waals surface area contributed by atoms with Gasteiger partial charge in [-0.25, -0.2) is 4.98 Å². The maximum Gasteiger partial charge on any atom is 0.251 e. The number of hydrogen-bond acceptors (Lipinski definition) is 5. The highest BCUT2D eigenvalue weighted by atomic mass is 16.5. The molecule has 0 aliphatic rings. The molecule has 1 heterocycles. The van der Waals surface area contributed by atoms with Crippen LogP contribution in [0.15, 0.2) is 54.7 Å². The van der Waals surface area contributed by atoms with Crippen LogP contribution in [0.3, 0.4) is 0 Å². The Bertz CT molecular complexity index is 998. The van der Waals surface area contributed by atoms with Gasteiger partial charge in [-0.05, 0) is 66.9 Å². The van der Waals surface area contributed by atoms with E-state index in [1.165, 1.54) is 0 Å². The van der Waals surface area contributed by atoms with Crippen molar-refractivity contribution in [2.24, 2.45) is 0 Å². The third kappa shape index (κ3) is 5.25. The van der Waals surface area contributed by atoms with Crippen molar-refractivity contribution in [3.05, 3.63) is 77.0 Å². The van der Waals surface area contributed by atoms with Crippen molar-refractivity contribution in [2.45, 2.75) is 20.4 Å². The lowest BCUT2D eigenvalue weighted by molar-refractivity contribution is 0.0951. The number of anilines is 2. The van der Waals surface area contributed by atoms with Gasteiger partial charge in [-0.1, -0.05) is 12.1 Å². The second-order valence-corrected chi connectivity index (χ2v) is 6.80. The van der Waals surface area contributed by atoms with E-state index in [2.05, 4.69) is 21.7 Å². The lowest BCUT2D eigenvalue weighted by atomic mass is 10.1. The summed E-state index contributed by atoms with van der Waals surface area (Å²) in [6.07, 6.45) is 1.62. The van der Waals surface area contributed by atoms with Crippen molar-refractivity contribution in [1.29, 1.82) is 0 Å². The summed E-state index contributed by atoms with van der Waals surface area (Å²) < 4.78 is 10.5. The first-order valence-corrected chi connectivity index (χ1v) is 9.29. The molecule has 6 nitrogen and oxygen atoms in total. The molecule has 2 N–H and O–H groups in total. The molecule has 3 rings (SSSR count). The van der Waals surface area contributed by atoms with Crippen LogP contribution in [0.1, 0.15) is 27.0 Å². The molecular weight excluding hydrogens is 366 g/mol. The minimum Gasteiger partial charge on any atom is -0.493 e. The van der Waals surface area contributed by atoms with Gasteiger partial charge in [0.2, 0.25) is 0 Å². The number of carbonyl (C=O) groups excluding carboxylic acids is 1.